The van der Waals surface area contributed by atoms with E-state index in [1.54, 1.807) is 24.3 Å². The van der Waals surface area contributed by atoms with E-state index in [2.05, 4.69) is 10.3 Å². The zero-order chi connectivity index (χ0) is 14.8. The van der Waals surface area contributed by atoms with Crippen molar-refractivity contribution >= 4 is 11.6 Å². The number of anilines is 1. The Morgan fingerprint density at radius 1 is 1.20 bits per heavy atom. The van der Waals surface area contributed by atoms with Crippen LogP contribution in [0.5, 0.6) is 0 Å². The monoisotopic (exact) mass is 280 g/mol. The minimum Gasteiger partial charge on any atom is -0.326 e. The van der Waals surface area contributed by atoms with Gasteiger partial charge in [0, 0.05) is 24.4 Å². The van der Waals surface area contributed by atoms with Gasteiger partial charge in [0.15, 0.2) is 0 Å². The number of nitrogens with zero attached hydrogens (tertiary/aromatic N) is 1. The van der Waals surface area contributed by atoms with Gasteiger partial charge in [0.1, 0.15) is 0 Å². The van der Waals surface area contributed by atoms with Gasteiger partial charge in [-0.3, -0.25) is 9.78 Å². The summed E-state index contributed by atoms with van der Waals surface area (Å²) in [4.78, 5) is 14.8. The summed E-state index contributed by atoms with van der Waals surface area (Å²) in [5, 5.41) is 2.60. The van der Waals surface area contributed by atoms with Crippen LogP contribution < -0.4 is 5.32 Å². The molecule has 0 aliphatic heterocycles. The Hall–Kier alpha value is -2.37. The highest BCUT2D eigenvalue weighted by molar-refractivity contribution is 5.89. The fraction of sp³-hybridized carbons (Fsp3) is 0.143. The van der Waals surface area contributed by atoms with E-state index in [4.69, 9.17) is 0 Å². The molecule has 1 aromatic carbocycles. The van der Waals surface area contributed by atoms with Crippen molar-refractivity contribution in [3.05, 3.63) is 48.2 Å². The first-order valence-corrected chi connectivity index (χ1v) is 5.77. The molecular formula is C14H11F3N2O. The second-order valence-corrected chi connectivity index (χ2v) is 4.19. The van der Waals surface area contributed by atoms with E-state index in [1.165, 1.54) is 13.0 Å². The van der Waals surface area contributed by atoms with Crippen LogP contribution in [0.15, 0.2) is 42.6 Å². The van der Waals surface area contributed by atoms with E-state index in [-0.39, 0.29) is 5.91 Å². The third-order valence-electron chi connectivity index (χ3n) is 2.57. The van der Waals surface area contributed by atoms with Crippen LogP contribution in [0.2, 0.25) is 0 Å². The number of hydrogen-bond acceptors (Lipinski definition) is 2. The molecule has 0 bridgehead atoms. The quantitative estimate of drug-likeness (QED) is 0.910. The van der Waals surface area contributed by atoms with Gasteiger partial charge in [-0.25, -0.2) is 0 Å². The molecule has 3 nitrogen and oxygen atoms in total. The molecule has 0 saturated heterocycles. The number of benzene rings is 1. The Bertz CT molecular complexity index is 621. The Morgan fingerprint density at radius 2 is 1.95 bits per heavy atom. The molecule has 2 rings (SSSR count). The van der Waals surface area contributed by atoms with Gasteiger partial charge in [0.05, 0.1) is 11.3 Å². The third kappa shape index (κ3) is 3.34. The largest absolute Gasteiger partial charge is 0.417 e. The summed E-state index contributed by atoms with van der Waals surface area (Å²) in [7, 11) is 0. The fourth-order valence-corrected chi connectivity index (χ4v) is 1.69. The Morgan fingerprint density at radius 3 is 2.50 bits per heavy atom. The van der Waals surface area contributed by atoms with E-state index < -0.39 is 11.7 Å². The van der Waals surface area contributed by atoms with Crippen LogP contribution in [0, 0.1) is 0 Å². The fourth-order valence-electron chi connectivity index (χ4n) is 1.69. The molecule has 0 aliphatic carbocycles. The molecule has 104 valence electrons. The standard InChI is InChI=1S/C14H11F3N2O/c1-9(20)19-12-4-2-3-10(7-12)13-6-5-11(8-18-13)14(15,16)17/h2-8H,1H3,(H,19,20). The molecule has 6 heteroatoms. The molecule has 1 amide bonds. The number of amides is 1. The van der Waals surface area contributed by atoms with Crippen LogP contribution in [-0.2, 0) is 11.0 Å². The Balaban J connectivity index is 2.30. The van der Waals surface area contributed by atoms with Crippen LogP contribution in [-0.4, -0.2) is 10.9 Å². The molecule has 0 atom stereocenters. The van der Waals surface area contributed by atoms with E-state index in [1.807, 2.05) is 0 Å². The predicted molar refractivity (Wildman–Crippen MR) is 69.0 cm³/mol. The number of alkyl halides is 3. The lowest BCUT2D eigenvalue weighted by atomic mass is 10.1. The maximum atomic E-state index is 12.4. The van der Waals surface area contributed by atoms with Crippen molar-refractivity contribution in [3.8, 4) is 11.3 Å². The van der Waals surface area contributed by atoms with Crippen molar-refractivity contribution in [2.24, 2.45) is 0 Å². The lowest BCUT2D eigenvalue weighted by Gasteiger charge is -2.08. The highest BCUT2D eigenvalue weighted by Gasteiger charge is 2.30. The number of nitrogens with one attached hydrogen (secondary N) is 1. The molecule has 0 aliphatic rings. The lowest BCUT2D eigenvalue weighted by molar-refractivity contribution is -0.137. The van der Waals surface area contributed by atoms with Crippen LogP contribution in [0.4, 0.5) is 18.9 Å². The van der Waals surface area contributed by atoms with E-state index >= 15 is 0 Å². The van der Waals surface area contributed by atoms with Gasteiger partial charge in [-0.05, 0) is 24.3 Å². The SMILES string of the molecule is CC(=O)Nc1cccc(-c2ccc(C(F)(F)F)cn2)c1. The van der Waals surface area contributed by atoms with Gasteiger partial charge in [0.2, 0.25) is 5.91 Å². The topological polar surface area (TPSA) is 42.0 Å². The van der Waals surface area contributed by atoms with Gasteiger partial charge in [-0.15, -0.1) is 0 Å². The average molecular weight is 280 g/mol. The zero-order valence-electron chi connectivity index (χ0n) is 10.5. The summed E-state index contributed by atoms with van der Waals surface area (Å²) in [6.07, 6.45) is -3.61. The minimum atomic E-state index is -4.40. The number of carbonyl (C=O) groups is 1. The molecule has 0 saturated carbocycles. The molecule has 1 heterocycles. The average Bonchev–Trinajstić information content (AvgIpc) is 2.37. The molecule has 0 fully saturated rings. The molecule has 2 aromatic rings. The molecule has 0 radical (unpaired) electrons. The van der Waals surface area contributed by atoms with Crippen molar-refractivity contribution in [2.75, 3.05) is 5.32 Å². The van der Waals surface area contributed by atoms with Crippen molar-refractivity contribution in [2.45, 2.75) is 13.1 Å². The minimum absolute atomic E-state index is 0.220. The summed E-state index contributed by atoms with van der Waals surface area (Å²) in [5.41, 5.74) is 0.811. The summed E-state index contributed by atoms with van der Waals surface area (Å²) in [6.45, 7) is 1.38. The van der Waals surface area contributed by atoms with Crippen molar-refractivity contribution < 1.29 is 18.0 Å². The summed E-state index contributed by atoms with van der Waals surface area (Å²) < 4.78 is 37.3. The van der Waals surface area contributed by atoms with Gasteiger partial charge in [-0.1, -0.05) is 12.1 Å². The zero-order valence-corrected chi connectivity index (χ0v) is 10.5. The molecule has 1 N–H and O–H groups in total. The van der Waals surface area contributed by atoms with Crippen LogP contribution >= 0.6 is 0 Å². The van der Waals surface area contributed by atoms with Crippen LogP contribution in [0.3, 0.4) is 0 Å². The first kappa shape index (κ1) is 14.0. The van der Waals surface area contributed by atoms with E-state index in [0.29, 0.717) is 16.9 Å². The highest BCUT2D eigenvalue weighted by Crippen LogP contribution is 2.30. The maximum absolute atomic E-state index is 12.4. The molecular weight excluding hydrogens is 269 g/mol. The number of hydrogen-bond donors (Lipinski definition) is 1. The first-order valence-electron chi connectivity index (χ1n) is 5.77. The van der Waals surface area contributed by atoms with Crippen molar-refractivity contribution in [3.63, 3.8) is 0 Å². The number of rotatable bonds is 2. The number of pyridine rings is 1. The molecule has 0 spiro atoms. The molecule has 1 aromatic heterocycles. The number of aromatic nitrogens is 1. The summed E-state index contributed by atoms with van der Waals surface area (Å²) in [6, 6.07) is 9.02. The second-order valence-electron chi connectivity index (χ2n) is 4.19. The smallest absolute Gasteiger partial charge is 0.326 e. The van der Waals surface area contributed by atoms with Gasteiger partial charge >= 0.3 is 6.18 Å². The third-order valence-corrected chi connectivity index (χ3v) is 2.57. The number of carbonyl (C=O) groups excluding carboxylic acids is 1. The summed E-state index contributed by atoms with van der Waals surface area (Å²) >= 11 is 0. The number of halogens is 3. The van der Waals surface area contributed by atoms with Crippen LogP contribution in [0.1, 0.15) is 12.5 Å². The van der Waals surface area contributed by atoms with Gasteiger partial charge < -0.3 is 5.32 Å². The molecule has 20 heavy (non-hydrogen) atoms. The Labute approximate surface area is 113 Å². The van der Waals surface area contributed by atoms with Gasteiger partial charge in [0.25, 0.3) is 0 Å². The molecule has 0 unspecified atom stereocenters. The van der Waals surface area contributed by atoms with Gasteiger partial charge in [-0.2, -0.15) is 13.2 Å². The van der Waals surface area contributed by atoms with Crippen molar-refractivity contribution in [1.29, 1.82) is 0 Å². The van der Waals surface area contributed by atoms with E-state index in [9.17, 15) is 18.0 Å². The van der Waals surface area contributed by atoms with E-state index in [0.717, 1.165) is 12.3 Å². The Kier molecular flexibility index (Phi) is 3.74. The van der Waals surface area contributed by atoms with Crippen LogP contribution in [0.25, 0.3) is 11.3 Å². The predicted octanol–water partition coefficient (Wildman–Crippen LogP) is 3.73. The maximum Gasteiger partial charge on any atom is 0.417 e. The van der Waals surface area contributed by atoms with Crippen molar-refractivity contribution in [1.82, 2.24) is 4.98 Å². The highest BCUT2D eigenvalue weighted by atomic mass is 19.4. The first-order chi connectivity index (χ1) is 9.36. The lowest BCUT2D eigenvalue weighted by Crippen LogP contribution is -2.06. The normalized spacial score (nSPS) is 11.2. The second kappa shape index (κ2) is 5.32. The summed E-state index contributed by atoms with van der Waals surface area (Å²) in [5.74, 6) is -0.220.